The zero-order chi connectivity index (χ0) is 15.2. The molecule has 21 heavy (non-hydrogen) atoms. The Morgan fingerprint density at radius 2 is 1.76 bits per heavy atom. The van der Waals surface area contributed by atoms with E-state index in [0.29, 0.717) is 38.3 Å². The molecule has 1 aliphatic rings. The third kappa shape index (κ3) is 4.18. The molecule has 1 saturated heterocycles. The lowest BCUT2D eigenvalue weighted by Crippen LogP contribution is -2.51. The van der Waals surface area contributed by atoms with Crippen molar-refractivity contribution in [2.75, 3.05) is 32.8 Å². The molecule has 1 heterocycles. The van der Waals surface area contributed by atoms with Crippen molar-refractivity contribution in [2.24, 2.45) is 0 Å². The topological polar surface area (TPSA) is 49.9 Å². The fourth-order valence-corrected chi connectivity index (χ4v) is 2.22. The van der Waals surface area contributed by atoms with Crippen LogP contribution in [0.25, 0.3) is 0 Å². The number of hydrogen-bond donors (Lipinski definition) is 0. The molecule has 2 rings (SSSR count). The Bertz CT molecular complexity index is 513. The van der Waals surface area contributed by atoms with Crippen LogP contribution in [0.4, 0.5) is 4.39 Å². The van der Waals surface area contributed by atoms with Crippen molar-refractivity contribution in [1.29, 1.82) is 0 Å². The van der Waals surface area contributed by atoms with E-state index in [1.165, 1.54) is 18.2 Å². The van der Waals surface area contributed by atoms with Crippen molar-refractivity contribution in [3.63, 3.8) is 0 Å². The molecule has 6 heteroatoms. The van der Waals surface area contributed by atoms with Gasteiger partial charge in [0.15, 0.2) is 6.61 Å². The van der Waals surface area contributed by atoms with E-state index in [4.69, 9.17) is 4.74 Å². The number of ether oxygens (including phenoxy) is 1. The summed E-state index contributed by atoms with van der Waals surface area (Å²) in [5.74, 6) is -0.101. The lowest BCUT2D eigenvalue weighted by molar-refractivity contribution is -0.140. The Balaban J connectivity index is 1.78. The highest BCUT2D eigenvalue weighted by Crippen LogP contribution is 2.12. The summed E-state index contributed by atoms with van der Waals surface area (Å²) < 4.78 is 18.3. The predicted molar refractivity (Wildman–Crippen MR) is 75.3 cm³/mol. The van der Waals surface area contributed by atoms with Crippen LogP contribution in [0.1, 0.15) is 13.3 Å². The van der Waals surface area contributed by atoms with Gasteiger partial charge < -0.3 is 14.5 Å². The minimum Gasteiger partial charge on any atom is -0.484 e. The molecule has 114 valence electrons. The maximum Gasteiger partial charge on any atom is 0.260 e. The molecular weight excluding hydrogens is 275 g/mol. The number of carbonyl (C=O) groups excluding carboxylic acids is 2. The van der Waals surface area contributed by atoms with Gasteiger partial charge in [-0.3, -0.25) is 9.59 Å². The third-order valence-electron chi connectivity index (χ3n) is 3.45. The predicted octanol–water partition coefficient (Wildman–Crippen LogP) is 1.29. The van der Waals surface area contributed by atoms with Crippen LogP contribution in [0.15, 0.2) is 24.3 Å². The van der Waals surface area contributed by atoms with Crippen molar-refractivity contribution in [3.05, 3.63) is 30.1 Å². The number of amides is 2. The number of carbonyl (C=O) groups is 2. The maximum atomic E-state index is 13.0. The van der Waals surface area contributed by atoms with Gasteiger partial charge in [-0.1, -0.05) is 13.0 Å². The summed E-state index contributed by atoms with van der Waals surface area (Å²) in [6.45, 7) is 3.84. The van der Waals surface area contributed by atoms with Gasteiger partial charge in [-0.25, -0.2) is 4.39 Å². The second-order valence-corrected chi connectivity index (χ2v) is 4.86. The van der Waals surface area contributed by atoms with Crippen LogP contribution < -0.4 is 4.74 Å². The van der Waals surface area contributed by atoms with Crippen molar-refractivity contribution >= 4 is 11.8 Å². The molecule has 2 amide bonds. The molecule has 0 bridgehead atoms. The summed E-state index contributed by atoms with van der Waals surface area (Å²) in [5.41, 5.74) is 0. The molecule has 0 atom stereocenters. The highest BCUT2D eigenvalue weighted by Gasteiger charge is 2.23. The van der Waals surface area contributed by atoms with E-state index in [1.807, 2.05) is 6.92 Å². The molecule has 1 aliphatic heterocycles. The van der Waals surface area contributed by atoms with Crippen molar-refractivity contribution < 1.29 is 18.7 Å². The van der Waals surface area contributed by atoms with Crippen molar-refractivity contribution in [3.8, 4) is 5.75 Å². The van der Waals surface area contributed by atoms with Crippen molar-refractivity contribution in [2.45, 2.75) is 13.3 Å². The second kappa shape index (κ2) is 7.06. The van der Waals surface area contributed by atoms with Gasteiger partial charge in [-0.05, 0) is 12.1 Å². The lowest BCUT2D eigenvalue weighted by atomic mass is 10.3. The highest BCUT2D eigenvalue weighted by molar-refractivity contribution is 5.79. The highest BCUT2D eigenvalue weighted by atomic mass is 19.1. The van der Waals surface area contributed by atoms with E-state index < -0.39 is 5.82 Å². The van der Waals surface area contributed by atoms with E-state index in [9.17, 15) is 14.0 Å². The normalized spacial score (nSPS) is 15.0. The van der Waals surface area contributed by atoms with E-state index in [2.05, 4.69) is 0 Å². The monoisotopic (exact) mass is 294 g/mol. The van der Waals surface area contributed by atoms with Gasteiger partial charge in [0.05, 0.1) is 0 Å². The van der Waals surface area contributed by atoms with E-state index in [-0.39, 0.29) is 18.4 Å². The minimum absolute atomic E-state index is 0.109. The lowest BCUT2D eigenvalue weighted by Gasteiger charge is -2.34. The Morgan fingerprint density at radius 3 is 2.33 bits per heavy atom. The van der Waals surface area contributed by atoms with Gasteiger partial charge in [0.1, 0.15) is 11.6 Å². The summed E-state index contributed by atoms with van der Waals surface area (Å²) in [4.78, 5) is 27.0. The van der Waals surface area contributed by atoms with Gasteiger partial charge in [-0.15, -0.1) is 0 Å². The van der Waals surface area contributed by atoms with Crippen LogP contribution in [0.5, 0.6) is 5.75 Å². The molecule has 0 saturated carbocycles. The zero-order valence-electron chi connectivity index (χ0n) is 12.0. The fourth-order valence-electron chi connectivity index (χ4n) is 2.22. The van der Waals surface area contributed by atoms with Gasteiger partial charge in [0.25, 0.3) is 5.91 Å². The summed E-state index contributed by atoms with van der Waals surface area (Å²) in [6, 6.07) is 5.70. The van der Waals surface area contributed by atoms with Crippen LogP contribution in [-0.2, 0) is 9.59 Å². The molecule has 0 aliphatic carbocycles. The van der Waals surface area contributed by atoms with Crippen LogP contribution in [-0.4, -0.2) is 54.4 Å². The second-order valence-electron chi connectivity index (χ2n) is 4.86. The SMILES string of the molecule is CCC(=O)N1CCN(C(=O)COc2cccc(F)c2)CC1. The third-order valence-corrected chi connectivity index (χ3v) is 3.45. The summed E-state index contributed by atoms with van der Waals surface area (Å²) >= 11 is 0. The Labute approximate surface area is 123 Å². The van der Waals surface area contributed by atoms with E-state index >= 15 is 0 Å². The number of rotatable bonds is 4. The van der Waals surface area contributed by atoms with Crippen LogP contribution in [0, 0.1) is 5.82 Å². The number of hydrogen-bond acceptors (Lipinski definition) is 3. The fraction of sp³-hybridized carbons (Fsp3) is 0.467. The van der Waals surface area contributed by atoms with Crippen LogP contribution in [0.3, 0.4) is 0 Å². The molecule has 1 aromatic carbocycles. The first-order valence-electron chi connectivity index (χ1n) is 7.04. The molecule has 0 radical (unpaired) electrons. The quantitative estimate of drug-likeness (QED) is 0.840. The van der Waals surface area contributed by atoms with E-state index in [0.717, 1.165) is 0 Å². The van der Waals surface area contributed by atoms with Crippen LogP contribution >= 0.6 is 0 Å². The Hall–Kier alpha value is -2.11. The Kier molecular flexibility index (Phi) is 5.14. The first-order valence-corrected chi connectivity index (χ1v) is 7.04. The van der Waals surface area contributed by atoms with E-state index in [1.54, 1.807) is 15.9 Å². The summed E-state index contributed by atoms with van der Waals surface area (Å²) in [7, 11) is 0. The summed E-state index contributed by atoms with van der Waals surface area (Å²) in [6.07, 6.45) is 0.483. The Morgan fingerprint density at radius 1 is 1.14 bits per heavy atom. The zero-order valence-corrected chi connectivity index (χ0v) is 12.0. The molecule has 5 nitrogen and oxygen atoms in total. The molecule has 0 unspecified atom stereocenters. The molecule has 1 aromatic rings. The standard InChI is InChI=1S/C15H19FN2O3/c1-2-14(19)17-6-8-18(9-7-17)15(20)11-21-13-5-3-4-12(16)10-13/h3-5,10H,2,6-9,11H2,1H3. The first kappa shape index (κ1) is 15.3. The molecule has 0 aromatic heterocycles. The minimum atomic E-state index is -0.397. The largest absolute Gasteiger partial charge is 0.484 e. The average molecular weight is 294 g/mol. The number of piperazine rings is 1. The smallest absolute Gasteiger partial charge is 0.260 e. The van der Waals surface area contributed by atoms with Crippen molar-refractivity contribution in [1.82, 2.24) is 9.80 Å². The molecule has 0 N–H and O–H groups in total. The maximum absolute atomic E-state index is 13.0. The molecule has 0 spiro atoms. The van der Waals surface area contributed by atoms with Gasteiger partial charge >= 0.3 is 0 Å². The van der Waals surface area contributed by atoms with Gasteiger partial charge in [0.2, 0.25) is 5.91 Å². The first-order chi connectivity index (χ1) is 10.1. The number of nitrogens with zero attached hydrogens (tertiary/aromatic N) is 2. The van der Waals surface area contributed by atoms with Gasteiger partial charge in [0, 0.05) is 38.7 Å². The molecular formula is C15H19FN2O3. The number of halogens is 1. The molecule has 1 fully saturated rings. The van der Waals surface area contributed by atoms with Crippen LogP contribution in [0.2, 0.25) is 0 Å². The van der Waals surface area contributed by atoms with Gasteiger partial charge in [-0.2, -0.15) is 0 Å². The summed E-state index contributed by atoms with van der Waals surface area (Å²) in [5, 5.41) is 0. The average Bonchev–Trinajstić information content (AvgIpc) is 2.52. The number of benzene rings is 1.